The van der Waals surface area contributed by atoms with Gasteiger partial charge >= 0.3 is 11.9 Å². The van der Waals surface area contributed by atoms with Gasteiger partial charge in [0.1, 0.15) is 5.82 Å². The summed E-state index contributed by atoms with van der Waals surface area (Å²) in [6.45, 7) is 1.84. The molecule has 0 unspecified atom stereocenters. The van der Waals surface area contributed by atoms with Crippen LogP contribution in [0, 0.1) is 6.92 Å². The van der Waals surface area contributed by atoms with Gasteiger partial charge in [-0.15, -0.1) is 0 Å². The number of hydrogen-bond acceptors (Lipinski definition) is 4. The van der Waals surface area contributed by atoms with Crippen molar-refractivity contribution in [2.75, 3.05) is 12.4 Å². The lowest BCUT2D eigenvalue weighted by Crippen LogP contribution is -2.23. The molecule has 0 atom stereocenters. The standard InChI is InChI=1S/C11H11N3O3/c1-6-12-8-4-3-7(5-9(8)13-6)14-10(15)11(16)17-2/h3-5H,1-2H3,(H,12,13)(H,14,15). The second kappa shape index (κ2) is 4.25. The molecule has 0 spiro atoms. The maximum atomic E-state index is 11.3. The second-order valence-corrected chi connectivity index (χ2v) is 3.50. The molecule has 2 aromatic rings. The first-order chi connectivity index (χ1) is 8.10. The van der Waals surface area contributed by atoms with Crippen molar-refractivity contribution in [3.05, 3.63) is 24.0 Å². The number of imidazole rings is 1. The van der Waals surface area contributed by atoms with Crippen molar-refractivity contribution in [1.29, 1.82) is 0 Å². The number of nitrogens with one attached hydrogen (secondary N) is 2. The second-order valence-electron chi connectivity index (χ2n) is 3.50. The Morgan fingerprint density at radius 3 is 2.88 bits per heavy atom. The molecule has 0 aliphatic carbocycles. The highest BCUT2D eigenvalue weighted by atomic mass is 16.5. The predicted molar refractivity (Wildman–Crippen MR) is 61.5 cm³/mol. The van der Waals surface area contributed by atoms with Crippen LogP contribution in [0.3, 0.4) is 0 Å². The van der Waals surface area contributed by atoms with Crippen LogP contribution in [0.4, 0.5) is 5.69 Å². The van der Waals surface area contributed by atoms with Crippen LogP contribution in [0.5, 0.6) is 0 Å². The summed E-state index contributed by atoms with van der Waals surface area (Å²) in [5.41, 5.74) is 2.11. The van der Waals surface area contributed by atoms with Crippen LogP contribution < -0.4 is 5.32 Å². The molecule has 0 aliphatic heterocycles. The molecule has 1 amide bonds. The topological polar surface area (TPSA) is 84.1 Å². The molecule has 0 fully saturated rings. The van der Waals surface area contributed by atoms with Crippen molar-refractivity contribution in [3.63, 3.8) is 0 Å². The number of rotatable bonds is 1. The summed E-state index contributed by atoms with van der Waals surface area (Å²) < 4.78 is 4.30. The summed E-state index contributed by atoms with van der Waals surface area (Å²) in [4.78, 5) is 29.5. The molecule has 1 heterocycles. The van der Waals surface area contributed by atoms with Gasteiger partial charge in [-0.1, -0.05) is 0 Å². The minimum atomic E-state index is -0.925. The van der Waals surface area contributed by atoms with E-state index in [0.717, 1.165) is 24.0 Å². The molecule has 0 aliphatic rings. The van der Waals surface area contributed by atoms with E-state index in [9.17, 15) is 9.59 Å². The molecule has 88 valence electrons. The molecule has 0 bridgehead atoms. The first-order valence-corrected chi connectivity index (χ1v) is 4.96. The molecule has 6 nitrogen and oxygen atoms in total. The number of anilines is 1. The lowest BCUT2D eigenvalue weighted by molar-refractivity contribution is -0.150. The minimum absolute atomic E-state index is 0.511. The zero-order valence-corrected chi connectivity index (χ0v) is 9.40. The molecule has 2 N–H and O–H groups in total. The monoisotopic (exact) mass is 233 g/mol. The quantitative estimate of drug-likeness (QED) is 0.568. The maximum Gasteiger partial charge on any atom is 0.396 e. The van der Waals surface area contributed by atoms with E-state index >= 15 is 0 Å². The van der Waals surface area contributed by atoms with Crippen molar-refractivity contribution in [2.24, 2.45) is 0 Å². The van der Waals surface area contributed by atoms with Crippen molar-refractivity contribution in [3.8, 4) is 0 Å². The van der Waals surface area contributed by atoms with Crippen molar-refractivity contribution in [2.45, 2.75) is 6.92 Å². The van der Waals surface area contributed by atoms with Gasteiger partial charge in [0.2, 0.25) is 0 Å². The zero-order valence-electron chi connectivity index (χ0n) is 9.40. The van der Waals surface area contributed by atoms with Crippen molar-refractivity contribution < 1.29 is 14.3 Å². The van der Waals surface area contributed by atoms with Gasteiger partial charge in [0, 0.05) is 5.69 Å². The Balaban J connectivity index is 2.24. The molecule has 1 aromatic heterocycles. The Hall–Kier alpha value is -2.37. The van der Waals surface area contributed by atoms with Crippen LogP contribution in [-0.2, 0) is 14.3 Å². The Morgan fingerprint density at radius 1 is 1.41 bits per heavy atom. The molecule has 0 radical (unpaired) electrons. The Morgan fingerprint density at radius 2 is 2.18 bits per heavy atom. The lowest BCUT2D eigenvalue weighted by atomic mass is 10.3. The van der Waals surface area contributed by atoms with Crippen LogP contribution >= 0.6 is 0 Å². The van der Waals surface area contributed by atoms with Gasteiger partial charge in [-0.2, -0.15) is 0 Å². The Bertz CT molecular complexity index is 589. The van der Waals surface area contributed by atoms with Crippen LogP contribution in [-0.4, -0.2) is 29.0 Å². The Kier molecular flexibility index (Phi) is 2.78. The van der Waals surface area contributed by atoms with Crippen LogP contribution in [0.25, 0.3) is 11.0 Å². The van der Waals surface area contributed by atoms with Gasteiger partial charge in [0.25, 0.3) is 0 Å². The average molecular weight is 233 g/mol. The molecule has 0 saturated heterocycles. The van der Waals surface area contributed by atoms with Gasteiger partial charge in [-0.3, -0.25) is 4.79 Å². The normalized spacial score (nSPS) is 10.2. The van der Waals surface area contributed by atoms with Gasteiger partial charge in [-0.05, 0) is 25.1 Å². The lowest BCUT2D eigenvalue weighted by Gasteiger charge is -2.02. The fourth-order valence-electron chi connectivity index (χ4n) is 1.49. The molecular formula is C11H11N3O3. The van der Waals surface area contributed by atoms with Crippen molar-refractivity contribution in [1.82, 2.24) is 9.97 Å². The minimum Gasteiger partial charge on any atom is -0.462 e. The van der Waals surface area contributed by atoms with E-state index < -0.39 is 11.9 Å². The number of aryl methyl sites for hydroxylation is 1. The number of fused-ring (bicyclic) bond motifs is 1. The van der Waals surface area contributed by atoms with Crippen molar-refractivity contribution >= 4 is 28.6 Å². The number of aromatic nitrogens is 2. The fourth-order valence-corrected chi connectivity index (χ4v) is 1.49. The number of aromatic amines is 1. The largest absolute Gasteiger partial charge is 0.462 e. The van der Waals surface area contributed by atoms with Gasteiger partial charge in [-0.25, -0.2) is 9.78 Å². The number of benzene rings is 1. The van der Waals surface area contributed by atoms with Gasteiger partial charge in [0.15, 0.2) is 0 Å². The summed E-state index contributed by atoms with van der Waals surface area (Å²) in [6.07, 6.45) is 0. The van der Waals surface area contributed by atoms with E-state index in [1.54, 1.807) is 18.2 Å². The number of H-pyrrole nitrogens is 1. The van der Waals surface area contributed by atoms with E-state index in [4.69, 9.17) is 0 Å². The summed E-state index contributed by atoms with van der Waals surface area (Å²) >= 11 is 0. The third-order valence-corrected chi connectivity index (χ3v) is 2.23. The number of carbonyl (C=O) groups excluding carboxylic acids is 2. The summed E-state index contributed by atoms with van der Waals surface area (Å²) in [6, 6.07) is 5.13. The number of esters is 1. The molecule has 17 heavy (non-hydrogen) atoms. The van der Waals surface area contributed by atoms with E-state index in [1.807, 2.05) is 6.92 Å². The number of amides is 1. The summed E-state index contributed by atoms with van der Waals surface area (Å²) in [5, 5.41) is 2.43. The molecule has 0 saturated carbocycles. The van der Waals surface area contributed by atoms with Gasteiger partial charge in [0.05, 0.1) is 18.1 Å². The summed E-state index contributed by atoms with van der Waals surface area (Å²) in [5.74, 6) is -0.939. The number of ether oxygens (including phenoxy) is 1. The number of nitrogens with zero attached hydrogens (tertiary/aromatic N) is 1. The first kappa shape index (κ1) is 11.1. The van der Waals surface area contributed by atoms with Crippen LogP contribution in [0.1, 0.15) is 5.82 Å². The van der Waals surface area contributed by atoms with Crippen LogP contribution in [0.2, 0.25) is 0 Å². The molecule has 2 rings (SSSR count). The molecule has 1 aromatic carbocycles. The number of carbonyl (C=O) groups is 2. The smallest absolute Gasteiger partial charge is 0.396 e. The average Bonchev–Trinajstić information content (AvgIpc) is 2.67. The highest BCUT2D eigenvalue weighted by Crippen LogP contribution is 2.16. The number of hydrogen-bond donors (Lipinski definition) is 2. The highest BCUT2D eigenvalue weighted by Gasteiger charge is 2.13. The predicted octanol–water partition coefficient (Wildman–Crippen LogP) is 0.983. The third kappa shape index (κ3) is 2.25. The Labute approximate surface area is 97.0 Å². The number of methoxy groups -OCH3 is 1. The molecular weight excluding hydrogens is 222 g/mol. The molecule has 6 heteroatoms. The first-order valence-electron chi connectivity index (χ1n) is 4.96. The van der Waals surface area contributed by atoms with E-state index in [0.29, 0.717) is 5.69 Å². The van der Waals surface area contributed by atoms with E-state index in [1.165, 1.54) is 0 Å². The van der Waals surface area contributed by atoms with Gasteiger partial charge < -0.3 is 15.0 Å². The summed E-state index contributed by atoms with van der Waals surface area (Å²) in [7, 11) is 1.16. The SMILES string of the molecule is COC(=O)C(=O)Nc1ccc2nc(C)[nH]c2c1. The maximum absolute atomic E-state index is 11.3. The highest BCUT2D eigenvalue weighted by molar-refractivity contribution is 6.37. The zero-order chi connectivity index (χ0) is 12.4. The third-order valence-electron chi connectivity index (χ3n) is 2.23. The van der Waals surface area contributed by atoms with E-state index in [2.05, 4.69) is 20.0 Å². The fraction of sp³-hybridized carbons (Fsp3) is 0.182. The van der Waals surface area contributed by atoms with E-state index in [-0.39, 0.29) is 0 Å². The van der Waals surface area contributed by atoms with Crippen LogP contribution in [0.15, 0.2) is 18.2 Å².